The minimum absolute atomic E-state index is 0.490. The lowest BCUT2D eigenvalue weighted by molar-refractivity contribution is 0.0430. The molecule has 13 heavy (non-hydrogen) atoms. The summed E-state index contributed by atoms with van der Waals surface area (Å²) in [7, 11) is -3.60. The van der Waals surface area contributed by atoms with Gasteiger partial charge in [-0.1, -0.05) is 13.3 Å². The van der Waals surface area contributed by atoms with Crippen molar-refractivity contribution in [3.8, 4) is 0 Å². The second-order valence-electron chi connectivity index (χ2n) is 2.97. The molecule has 0 aromatic heterocycles. The lowest BCUT2D eigenvalue weighted by Crippen LogP contribution is -2.44. The van der Waals surface area contributed by atoms with Crippen molar-refractivity contribution in [2.24, 2.45) is 0 Å². The van der Waals surface area contributed by atoms with Crippen molar-refractivity contribution in [3.63, 3.8) is 0 Å². The van der Waals surface area contributed by atoms with Crippen LogP contribution < -0.4 is 5.32 Å². The van der Waals surface area contributed by atoms with E-state index in [1.54, 1.807) is 0 Å². The molecule has 0 rings (SSSR count). The second kappa shape index (κ2) is 5.54. The first-order valence-corrected chi connectivity index (χ1v) is 6.13. The van der Waals surface area contributed by atoms with Gasteiger partial charge >= 0.3 is 0 Å². The molecule has 2 atom stereocenters. The average molecular weight is 211 g/mol. The predicted molar refractivity (Wildman–Crippen MR) is 49.8 cm³/mol. The highest BCUT2D eigenvalue weighted by molar-refractivity contribution is 7.91. The molecule has 0 aliphatic carbocycles. The monoisotopic (exact) mass is 211 g/mol. The predicted octanol–water partition coefficient (Wildman–Crippen LogP) is -0.942. The third-order valence-electron chi connectivity index (χ3n) is 1.59. The lowest BCUT2D eigenvalue weighted by atomic mass is 10.3. The van der Waals surface area contributed by atoms with Gasteiger partial charge in [0.05, 0.1) is 0 Å². The molecule has 0 amide bonds. The van der Waals surface area contributed by atoms with Gasteiger partial charge in [-0.25, -0.2) is 8.42 Å². The zero-order chi connectivity index (χ0) is 10.5. The largest absolute Gasteiger partial charge is 0.375 e. The van der Waals surface area contributed by atoms with Crippen LogP contribution >= 0.6 is 0 Å². The molecule has 0 aromatic rings. The summed E-state index contributed by atoms with van der Waals surface area (Å²) in [6.45, 7) is 2.46. The smallest absolute Gasteiger partial charge is 0.194 e. The van der Waals surface area contributed by atoms with Gasteiger partial charge in [-0.3, -0.25) is 5.32 Å². The van der Waals surface area contributed by atoms with Gasteiger partial charge in [0.25, 0.3) is 0 Å². The first-order chi connectivity index (χ1) is 5.89. The highest BCUT2D eigenvalue weighted by Gasteiger charge is 2.25. The molecule has 0 aromatic carbocycles. The Morgan fingerprint density at radius 1 is 1.38 bits per heavy atom. The molecule has 0 radical (unpaired) electrons. The van der Waals surface area contributed by atoms with Crippen LogP contribution in [0, 0.1) is 0 Å². The maximum atomic E-state index is 10.8. The van der Waals surface area contributed by atoms with Gasteiger partial charge in [-0.05, 0) is 13.0 Å². The molecule has 0 saturated heterocycles. The van der Waals surface area contributed by atoms with Crippen molar-refractivity contribution in [3.05, 3.63) is 0 Å². The van der Waals surface area contributed by atoms with Gasteiger partial charge in [0.15, 0.2) is 15.3 Å². The number of sulfone groups is 1. The van der Waals surface area contributed by atoms with Crippen LogP contribution in [-0.4, -0.2) is 43.1 Å². The number of aliphatic hydroxyl groups excluding tert-OH is 2. The van der Waals surface area contributed by atoms with Crippen LogP contribution in [0.25, 0.3) is 0 Å². The number of hydrogen-bond acceptors (Lipinski definition) is 5. The summed E-state index contributed by atoms with van der Waals surface area (Å²) >= 11 is 0. The molecule has 3 N–H and O–H groups in total. The van der Waals surface area contributed by atoms with Crippen LogP contribution in [0.4, 0.5) is 0 Å². The van der Waals surface area contributed by atoms with Crippen molar-refractivity contribution >= 4 is 9.84 Å². The normalized spacial score (nSPS) is 16.9. The summed E-state index contributed by atoms with van der Waals surface area (Å²) in [6, 6.07) is 0. The fourth-order valence-corrected chi connectivity index (χ4v) is 1.33. The Morgan fingerprint density at radius 3 is 2.31 bits per heavy atom. The van der Waals surface area contributed by atoms with Gasteiger partial charge in [0, 0.05) is 6.26 Å². The number of unbranched alkanes of at least 4 members (excludes halogenated alkanes) is 1. The van der Waals surface area contributed by atoms with Gasteiger partial charge in [-0.15, -0.1) is 0 Å². The van der Waals surface area contributed by atoms with E-state index in [9.17, 15) is 8.42 Å². The summed E-state index contributed by atoms with van der Waals surface area (Å²) in [5, 5.41) is 20.7. The topological polar surface area (TPSA) is 86.6 Å². The Bertz CT molecular complexity index is 227. The molecular formula is C7H17NO4S. The first-order valence-electron chi connectivity index (χ1n) is 4.18. The molecule has 5 nitrogen and oxygen atoms in total. The van der Waals surface area contributed by atoms with E-state index in [-0.39, 0.29) is 0 Å². The molecular weight excluding hydrogens is 194 g/mol. The zero-order valence-electron chi connectivity index (χ0n) is 7.90. The SMILES string of the molecule is CCCCNC(O)C(O)S(C)(=O)=O. The van der Waals surface area contributed by atoms with Crippen LogP contribution in [0.2, 0.25) is 0 Å². The fraction of sp³-hybridized carbons (Fsp3) is 1.00. The Kier molecular flexibility index (Phi) is 5.46. The maximum Gasteiger partial charge on any atom is 0.194 e. The Morgan fingerprint density at radius 2 is 1.92 bits per heavy atom. The molecule has 0 aliphatic heterocycles. The van der Waals surface area contributed by atoms with Gasteiger partial charge in [-0.2, -0.15) is 0 Å². The lowest BCUT2D eigenvalue weighted by Gasteiger charge is -2.17. The fourth-order valence-electron chi connectivity index (χ4n) is 0.762. The number of hydrogen-bond donors (Lipinski definition) is 3. The van der Waals surface area contributed by atoms with E-state index in [1.165, 1.54) is 0 Å². The highest BCUT2D eigenvalue weighted by Crippen LogP contribution is 1.99. The highest BCUT2D eigenvalue weighted by atomic mass is 32.2. The molecule has 0 heterocycles. The van der Waals surface area contributed by atoms with Crippen molar-refractivity contribution < 1.29 is 18.6 Å². The molecule has 80 valence electrons. The molecule has 2 unspecified atom stereocenters. The van der Waals surface area contributed by atoms with Crippen molar-refractivity contribution in [2.75, 3.05) is 12.8 Å². The third-order valence-corrected chi connectivity index (χ3v) is 2.73. The second-order valence-corrected chi connectivity index (χ2v) is 5.11. The summed E-state index contributed by atoms with van der Waals surface area (Å²) < 4.78 is 21.5. The quantitative estimate of drug-likeness (QED) is 0.390. The number of nitrogens with one attached hydrogen (secondary N) is 1. The van der Waals surface area contributed by atoms with E-state index in [2.05, 4.69) is 5.32 Å². The van der Waals surface area contributed by atoms with Crippen molar-refractivity contribution in [2.45, 2.75) is 31.4 Å². The third kappa shape index (κ3) is 5.20. The molecule has 0 fully saturated rings. The Balaban J connectivity index is 3.90. The molecule has 0 spiro atoms. The number of aliphatic hydroxyl groups is 2. The van der Waals surface area contributed by atoms with E-state index in [1.807, 2.05) is 6.92 Å². The van der Waals surface area contributed by atoms with Crippen LogP contribution in [0.3, 0.4) is 0 Å². The summed E-state index contributed by atoms with van der Waals surface area (Å²) in [4.78, 5) is 0. The standard InChI is InChI=1S/C7H17NO4S/c1-3-4-5-8-6(9)7(10)13(2,11)12/h6-10H,3-5H2,1-2H3. The van der Waals surface area contributed by atoms with Gasteiger partial charge in [0.2, 0.25) is 0 Å². The zero-order valence-corrected chi connectivity index (χ0v) is 8.71. The summed E-state index contributed by atoms with van der Waals surface area (Å²) in [6.07, 6.45) is 1.24. The van der Waals surface area contributed by atoms with Gasteiger partial charge < -0.3 is 10.2 Å². The minimum Gasteiger partial charge on any atom is -0.375 e. The molecule has 0 aliphatic rings. The van der Waals surface area contributed by atoms with Crippen LogP contribution in [-0.2, 0) is 9.84 Å². The van der Waals surface area contributed by atoms with Crippen LogP contribution in [0.5, 0.6) is 0 Å². The van der Waals surface area contributed by atoms with Crippen LogP contribution in [0.15, 0.2) is 0 Å². The van der Waals surface area contributed by atoms with E-state index < -0.39 is 21.5 Å². The Hall–Kier alpha value is -0.170. The van der Waals surface area contributed by atoms with E-state index in [0.29, 0.717) is 6.54 Å². The van der Waals surface area contributed by atoms with Crippen molar-refractivity contribution in [1.82, 2.24) is 5.32 Å². The first kappa shape index (κ1) is 12.8. The summed E-state index contributed by atoms with van der Waals surface area (Å²) in [5.41, 5.74) is -1.75. The van der Waals surface area contributed by atoms with Crippen molar-refractivity contribution in [1.29, 1.82) is 0 Å². The molecule has 0 saturated carbocycles. The minimum atomic E-state index is -3.60. The van der Waals surface area contributed by atoms with Crippen LogP contribution in [0.1, 0.15) is 19.8 Å². The van der Waals surface area contributed by atoms with E-state index in [0.717, 1.165) is 19.1 Å². The Labute approximate surface area is 78.7 Å². The van der Waals surface area contributed by atoms with E-state index >= 15 is 0 Å². The molecule has 0 bridgehead atoms. The van der Waals surface area contributed by atoms with Gasteiger partial charge in [0.1, 0.15) is 6.23 Å². The average Bonchev–Trinajstić information content (AvgIpc) is 2.01. The number of rotatable bonds is 6. The summed E-state index contributed by atoms with van der Waals surface area (Å²) in [5.74, 6) is 0. The van der Waals surface area contributed by atoms with E-state index in [4.69, 9.17) is 10.2 Å². The maximum absolute atomic E-state index is 10.8. The molecule has 6 heteroatoms.